The maximum Gasteiger partial charge on any atom is 0.248 e. The Morgan fingerprint density at radius 3 is 2.75 bits per heavy atom. The van der Waals surface area contributed by atoms with Gasteiger partial charge in [0.1, 0.15) is 5.82 Å². The molecule has 0 radical (unpaired) electrons. The van der Waals surface area contributed by atoms with E-state index in [2.05, 4.69) is 0 Å². The van der Waals surface area contributed by atoms with Crippen molar-refractivity contribution in [3.63, 3.8) is 0 Å². The minimum atomic E-state index is -0.527. The van der Waals surface area contributed by atoms with Gasteiger partial charge in [0, 0.05) is 9.99 Å². The number of rotatable bonds is 2. The highest BCUT2D eigenvalue weighted by atomic mass is 127. The summed E-state index contributed by atoms with van der Waals surface area (Å²) in [6, 6.07) is 4.12. The third-order valence-corrected chi connectivity index (χ3v) is 2.30. The van der Waals surface area contributed by atoms with Gasteiger partial charge in [0.2, 0.25) is 5.91 Å². The second kappa shape index (κ2) is 3.84. The number of hydrogen-bond donors (Lipinski definition) is 1. The predicted molar refractivity (Wildman–Crippen MR) is 52.6 cm³/mol. The summed E-state index contributed by atoms with van der Waals surface area (Å²) in [6.07, 6.45) is 0. The average molecular weight is 279 g/mol. The average Bonchev–Trinajstić information content (AvgIpc) is 2.05. The van der Waals surface area contributed by atoms with Gasteiger partial charge in [0.15, 0.2) is 0 Å². The van der Waals surface area contributed by atoms with Crippen LogP contribution < -0.4 is 5.73 Å². The van der Waals surface area contributed by atoms with E-state index in [1.165, 1.54) is 18.2 Å². The highest BCUT2D eigenvalue weighted by Crippen LogP contribution is 2.13. The fraction of sp³-hybridized carbons (Fsp3) is 0.125. The van der Waals surface area contributed by atoms with Gasteiger partial charge in [-0.2, -0.15) is 0 Å². The van der Waals surface area contributed by atoms with Gasteiger partial charge in [-0.15, -0.1) is 0 Å². The molecular formula is C8H7FINO. The van der Waals surface area contributed by atoms with Gasteiger partial charge in [-0.25, -0.2) is 4.39 Å². The number of nitrogens with two attached hydrogens (primary N) is 1. The Kier molecular flexibility index (Phi) is 3.02. The van der Waals surface area contributed by atoms with Crippen molar-refractivity contribution >= 4 is 28.5 Å². The van der Waals surface area contributed by atoms with Crippen LogP contribution in [0.1, 0.15) is 15.9 Å². The number of benzene rings is 1. The molecule has 0 aliphatic heterocycles. The van der Waals surface area contributed by atoms with Crippen LogP contribution in [0.5, 0.6) is 0 Å². The zero-order chi connectivity index (χ0) is 9.14. The maximum atomic E-state index is 12.9. The molecule has 0 bridgehead atoms. The molecule has 64 valence electrons. The fourth-order valence-electron chi connectivity index (χ4n) is 0.830. The fourth-order valence-corrected chi connectivity index (χ4v) is 1.41. The maximum absolute atomic E-state index is 12.9. The summed E-state index contributed by atoms with van der Waals surface area (Å²) in [4.78, 5) is 10.7. The minimum Gasteiger partial charge on any atom is -0.366 e. The van der Waals surface area contributed by atoms with E-state index in [1.807, 2.05) is 22.6 Å². The van der Waals surface area contributed by atoms with Gasteiger partial charge < -0.3 is 5.73 Å². The Morgan fingerprint density at radius 1 is 1.58 bits per heavy atom. The second-order valence-corrected chi connectivity index (χ2v) is 3.07. The first-order valence-corrected chi connectivity index (χ1v) is 4.82. The van der Waals surface area contributed by atoms with Crippen LogP contribution in [-0.2, 0) is 4.43 Å². The first-order chi connectivity index (χ1) is 5.65. The van der Waals surface area contributed by atoms with E-state index in [-0.39, 0.29) is 5.82 Å². The molecule has 0 spiro atoms. The first-order valence-electron chi connectivity index (χ1n) is 3.29. The molecule has 0 aliphatic carbocycles. The van der Waals surface area contributed by atoms with Gasteiger partial charge in [0.25, 0.3) is 0 Å². The summed E-state index contributed by atoms with van der Waals surface area (Å²) in [6.45, 7) is 0. The Hall–Kier alpha value is -0.650. The van der Waals surface area contributed by atoms with Gasteiger partial charge in [-0.3, -0.25) is 4.79 Å². The molecule has 12 heavy (non-hydrogen) atoms. The van der Waals surface area contributed by atoms with Crippen LogP contribution in [0.3, 0.4) is 0 Å². The molecule has 0 heterocycles. The zero-order valence-electron chi connectivity index (χ0n) is 6.18. The van der Waals surface area contributed by atoms with Gasteiger partial charge >= 0.3 is 0 Å². The third-order valence-electron chi connectivity index (χ3n) is 1.47. The molecule has 0 fully saturated rings. The number of halogens is 2. The number of amides is 1. The molecule has 0 aliphatic rings. The molecule has 2 N–H and O–H groups in total. The minimum absolute atomic E-state index is 0.297. The summed E-state index contributed by atoms with van der Waals surface area (Å²) >= 11 is 2.03. The molecule has 0 saturated heterocycles. The van der Waals surface area contributed by atoms with E-state index in [9.17, 15) is 9.18 Å². The number of carbonyl (C=O) groups excluding carboxylic acids is 1. The van der Waals surface area contributed by atoms with E-state index in [4.69, 9.17) is 5.73 Å². The first kappa shape index (κ1) is 9.44. The van der Waals surface area contributed by atoms with Crippen LogP contribution in [0.25, 0.3) is 0 Å². The van der Waals surface area contributed by atoms with Crippen molar-refractivity contribution in [1.82, 2.24) is 0 Å². The van der Waals surface area contributed by atoms with Crippen LogP contribution in [0.4, 0.5) is 4.39 Å². The second-order valence-electron chi connectivity index (χ2n) is 2.30. The molecule has 1 rings (SSSR count). The Morgan fingerprint density at radius 2 is 2.25 bits per heavy atom. The van der Waals surface area contributed by atoms with Crippen molar-refractivity contribution in [2.24, 2.45) is 5.73 Å². The number of alkyl halides is 1. The summed E-state index contributed by atoms with van der Waals surface area (Å²) < 4.78 is 13.4. The van der Waals surface area contributed by atoms with Crippen molar-refractivity contribution in [3.05, 3.63) is 35.1 Å². The summed E-state index contributed by atoms with van der Waals surface area (Å²) in [5.74, 6) is -0.824. The van der Waals surface area contributed by atoms with E-state index in [0.717, 1.165) is 0 Å². The monoisotopic (exact) mass is 279 g/mol. The molecule has 0 unspecified atom stereocenters. The number of primary amides is 1. The van der Waals surface area contributed by atoms with E-state index >= 15 is 0 Å². The van der Waals surface area contributed by atoms with E-state index in [1.54, 1.807) is 0 Å². The molecule has 0 saturated carbocycles. The van der Waals surface area contributed by atoms with Crippen molar-refractivity contribution in [2.45, 2.75) is 4.43 Å². The van der Waals surface area contributed by atoms with Crippen molar-refractivity contribution in [3.8, 4) is 0 Å². The lowest BCUT2D eigenvalue weighted by molar-refractivity contribution is 0.1000. The molecule has 1 aromatic carbocycles. The Bertz CT molecular complexity index is 314. The lowest BCUT2D eigenvalue weighted by Gasteiger charge is -2.00. The largest absolute Gasteiger partial charge is 0.366 e. The van der Waals surface area contributed by atoms with Crippen LogP contribution in [0.2, 0.25) is 0 Å². The van der Waals surface area contributed by atoms with Gasteiger partial charge in [-0.1, -0.05) is 22.6 Å². The molecule has 4 heteroatoms. The molecule has 1 aromatic rings. The summed E-state index contributed by atoms with van der Waals surface area (Å²) in [5.41, 5.74) is 5.88. The van der Waals surface area contributed by atoms with Crippen LogP contribution in [-0.4, -0.2) is 5.91 Å². The molecular weight excluding hydrogens is 272 g/mol. The summed E-state index contributed by atoms with van der Waals surface area (Å²) in [7, 11) is 0. The molecule has 0 atom stereocenters. The predicted octanol–water partition coefficient (Wildman–Crippen LogP) is 1.86. The quantitative estimate of drug-likeness (QED) is 0.651. The van der Waals surface area contributed by atoms with E-state index < -0.39 is 5.91 Å². The zero-order valence-corrected chi connectivity index (χ0v) is 8.34. The smallest absolute Gasteiger partial charge is 0.248 e. The van der Waals surface area contributed by atoms with E-state index in [0.29, 0.717) is 15.6 Å². The third kappa shape index (κ3) is 1.94. The molecule has 2 nitrogen and oxygen atoms in total. The summed E-state index contributed by atoms with van der Waals surface area (Å²) in [5, 5.41) is 0. The standard InChI is InChI=1S/C8H7FINO/c9-7-2-1-5(8(11)12)3-6(7)4-10/h1-3H,4H2,(H2,11,12). The lowest BCUT2D eigenvalue weighted by Crippen LogP contribution is -2.11. The van der Waals surface area contributed by atoms with Crippen molar-refractivity contribution in [2.75, 3.05) is 0 Å². The highest BCUT2D eigenvalue weighted by Gasteiger charge is 2.04. The number of carbonyl (C=O) groups is 1. The normalized spacial score (nSPS) is 9.83. The van der Waals surface area contributed by atoms with Gasteiger partial charge in [0.05, 0.1) is 0 Å². The topological polar surface area (TPSA) is 43.1 Å². The van der Waals surface area contributed by atoms with Crippen LogP contribution in [0, 0.1) is 5.82 Å². The molecule has 0 aromatic heterocycles. The Balaban J connectivity index is 3.13. The SMILES string of the molecule is NC(=O)c1ccc(F)c(CI)c1. The lowest BCUT2D eigenvalue weighted by atomic mass is 10.1. The molecule has 1 amide bonds. The van der Waals surface area contributed by atoms with Crippen molar-refractivity contribution < 1.29 is 9.18 Å². The van der Waals surface area contributed by atoms with Gasteiger partial charge in [-0.05, 0) is 23.8 Å². The number of hydrogen-bond acceptors (Lipinski definition) is 1. The van der Waals surface area contributed by atoms with Crippen LogP contribution >= 0.6 is 22.6 Å². The van der Waals surface area contributed by atoms with Crippen molar-refractivity contribution in [1.29, 1.82) is 0 Å². The van der Waals surface area contributed by atoms with Crippen LogP contribution in [0.15, 0.2) is 18.2 Å². The highest BCUT2D eigenvalue weighted by molar-refractivity contribution is 14.1. The Labute approximate surface area is 83.1 Å².